The molecule has 122 valence electrons. The minimum atomic E-state index is -0.573. The molecule has 0 bridgehead atoms. The summed E-state index contributed by atoms with van der Waals surface area (Å²) in [5.41, 5.74) is 1.16. The van der Waals surface area contributed by atoms with Gasteiger partial charge in [0.15, 0.2) is 0 Å². The van der Waals surface area contributed by atoms with E-state index in [9.17, 15) is 9.18 Å². The Kier molecular flexibility index (Phi) is 6.13. The van der Waals surface area contributed by atoms with E-state index in [0.29, 0.717) is 11.6 Å². The van der Waals surface area contributed by atoms with Gasteiger partial charge in [0.2, 0.25) is 0 Å². The smallest absolute Gasteiger partial charge is 0.254 e. The van der Waals surface area contributed by atoms with Crippen molar-refractivity contribution in [1.82, 2.24) is 10.2 Å². The number of carbonyl (C=O) groups excluding carboxylic acids is 1. The number of nitrogens with one attached hydrogen (secondary N) is 1. The van der Waals surface area contributed by atoms with Crippen LogP contribution in [-0.2, 0) is 6.42 Å². The molecule has 0 saturated carbocycles. The first-order valence-corrected chi connectivity index (χ1v) is 7.79. The van der Waals surface area contributed by atoms with Crippen LogP contribution < -0.4 is 5.32 Å². The summed E-state index contributed by atoms with van der Waals surface area (Å²) < 4.78 is 13.7. The molecule has 2 aromatic carbocycles. The van der Waals surface area contributed by atoms with E-state index in [2.05, 4.69) is 17.4 Å². The molecule has 23 heavy (non-hydrogen) atoms. The van der Waals surface area contributed by atoms with Crippen molar-refractivity contribution in [2.24, 2.45) is 0 Å². The van der Waals surface area contributed by atoms with E-state index in [4.69, 9.17) is 11.6 Å². The molecule has 1 amide bonds. The fourth-order valence-corrected chi connectivity index (χ4v) is 2.47. The second-order valence-electron chi connectivity index (χ2n) is 5.64. The normalized spacial score (nSPS) is 12.2. The third-order valence-electron chi connectivity index (χ3n) is 3.72. The number of halogens is 2. The summed E-state index contributed by atoms with van der Waals surface area (Å²) in [6, 6.07) is 14.1. The Labute approximate surface area is 141 Å². The van der Waals surface area contributed by atoms with Gasteiger partial charge in [0, 0.05) is 17.6 Å². The summed E-state index contributed by atoms with van der Waals surface area (Å²) in [7, 11) is 3.92. The Hall–Kier alpha value is -1.91. The number of likely N-dealkylation sites (N-methyl/N-ethyl adjacent to an activating group) is 1. The van der Waals surface area contributed by atoms with Crippen molar-refractivity contribution in [2.45, 2.75) is 12.5 Å². The molecule has 0 radical (unpaired) electrons. The van der Waals surface area contributed by atoms with Gasteiger partial charge in [-0.3, -0.25) is 4.79 Å². The van der Waals surface area contributed by atoms with Crippen LogP contribution in [0.3, 0.4) is 0 Å². The van der Waals surface area contributed by atoms with Crippen molar-refractivity contribution in [1.29, 1.82) is 0 Å². The molecule has 0 fully saturated rings. The van der Waals surface area contributed by atoms with Crippen molar-refractivity contribution in [3.63, 3.8) is 0 Å². The van der Waals surface area contributed by atoms with Crippen molar-refractivity contribution in [2.75, 3.05) is 20.6 Å². The zero-order valence-electron chi connectivity index (χ0n) is 13.2. The van der Waals surface area contributed by atoms with Crippen LogP contribution in [0.4, 0.5) is 4.39 Å². The van der Waals surface area contributed by atoms with Crippen LogP contribution in [0.25, 0.3) is 0 Å². The van der Waals surface area contributed by atoms with E-state index >= 15 is 0 Å². The highest BCUT2D eigenvalue weighted by atomic mass is 35.5. The number of benzene rings is 2. The third kappa shape index (κ3) is 5.05. The first-order valence-electron chi connectivity index (χ1n) is 7.41. The van der Waals surface area contributed by atoms with Gasteiger partial charge in [0.05, 0.1) is 5.56 Å². The molecule has 2 rings (SSSR count). The Morgan fingerprint density at radius 1 is 1.22 bits per heavy atom. The van der Waals surface area contributed by atoms with Crippen LogP contribution >= 0.6 is 11.6 Å². The lowest BCUT2D eigenvalue weighted by atomic mass is 10.0. The van der Waals surface area contributed by atoms with Crippen molar-refractivity contribution >= 4 is 17.5 Å². The van der Waals surface area contributed by atoms with E-state index in [1.54, 1.807) is 0 Å². The van der Waals surface area contributed by atoms with Gasteiger partial charge in [-0.2, -0.15) is 0 Å². The Morgan fingerprint density at radius 3 is 2.57 bits per heavy atom. The molecule has 0 aliphatic carbocycles. The summed E-state index contributed by atoms with van der Waals surface area (Å²) in [6.45, 7) is 0.423. The largest absolute Gasteiger partial charge is 0.350 e. The molecular formula is C18H20ClFN2O. The van der Waals surface area contributed by atoms with E-state index in [0.717, 1.165) is 6.42 Å². The van der Waals surface area contributed by atoms with Crippen molar-refractivity contribution in [3.8, 4) is 0 Å². The number of hydrogen-bond donors (Lipinski definition) is 1. The molecule has 2 aromatic rings. The highest BCUT2D eigenvalue weighted by Gasteiger charge is 2.16. The molecule has 0 unspecified atom stereocenters. The van der Waals surface area contributed by atoms with E-state index in [-0.39, 0.29) is 11.6 Å². The molecule has 0 aromatic heterocycles. The average molecular weight is 335 g/mol. The number of hydrogen-bond acceptors (Lipinski definition) is 2. The maximum absolute atomic E-state index is 13.7. The maximum Gasteiger partial charge on any atom is 0.254 e. The van der Waals surface area contributed by atoms with Crippen LogP contribution in [0.2, 0.25) is 5.02 Å². The average Bonchev–Trinajstić information content (AvgIpc) is 2.54. The Balaban J connectivity index is 2.01. The lowest BCUT2D eigenvalue weighted by molar-refractivity contribution is 0.0937. The number of nitrogens with zero attached hydrogens (tertiary/aromatic N) is 1. The molecule has 5 heteroatoms. The second-order valence-corrected chi connectivity index (χ2v) is 6.08. The first kappa shape index (κ1) is 17.4. The summed E-state index contributed by atoms with van der Waals surface area (Å²) in [5.74, 6) is -1.03. The molecule has 0 heterocycles. The van der Waals surface area contributed by atoms with E-state index in [1.165, 1.54) is 23.8 Å². The zero-order chi connectivity index (χ0) is 16.8. The van der Waals surface area contributed by atoms with Gasteiger partial charge in [-0.15, -0.1) is 0 Å². The fourth-order valence-electron chi connectivity index (χ4n) is 2.30. The molecular weight excluding hydrogens is 315 g/mol. The molecule has 0 spiro atoms. The summed E-state index contributed by atoms with van der Waals surface area (Å²) in [5, 5.41) is 3.13. The van der Waals surface area contributed by atoms with Crippen LogP contribution in [0.15, 0.2) is 48.5 Å². The lowest BCUT2D eigenvalue weighted by Gasteiger charge is -2.25. The highest BCUT2D eigenvalue weighted by molar-refractivity contribution is 6.31. The summed E-state index contributed by atoms with van der Waals surface area (Å²) in [4.78, 5) is 14.2. The van der Waals surface area contributed by atoms with Crippen molar-refractivity contribution < 1.29 is 9.18 Å². The molecule has 3 nitrogen and oxygen atoms in total. The molecule has 1 atom stereocenters. The standard InChI is InChI=1S/C18H20ClFN2O/c1-22(2)15(10-13-6-4-3-5-7-13)12-21-18(23)16-11-14(19)8-9-17(16)20/h3-9,11,15H,10,12H2,1-2H3,(H,21,23)/t15-/m0/s1. The number of rotatable bonds is 6. The maximum atomic E-state index is 13.7. The van der Waals surface area contributed by atoms with Gasteiger partial charge in [-0.05, 0) is 44.3 Å². The summed E-state index contributed by atoms with van der Waals surface area (Å²) in [6.07, 6.45) is 0.798. The van der Waals surface area contributed by atoms with E-state index < -0.39 is 11.7 Å². The van der Waals surface area contributed by atoms with Gasteiger partial charge >= 0.3 is 0 Å². The molecule has 1 N–H and O–H groups in total. The number of amides is 1. The van der Waals surface area contributed by atoms with Crippen LogP contribution in [0.1, 0.15) is 15.9 Å². The van der Waals surface area contributed by atoms with Gasteiger partial charge < -0.3 is 10.2 Å². The zero-order valence-corrected chi connectivity index (χ0v) is 14.0. The van der Waals surface area contributed by atoms with Gasteiger partial charge in [-0.25, -0.2) is 4.39 Å². The van der Waals surface area contributed by atoms with Gasteiger partial charge in [0.1, 0.15) is 5.82 Å². The van der Waals surface area contributed by atoms with Crippen LogP contribution in [0, 0.1) is 5.82 Å². The minimum Gasteiger partial charge on any atom is -0.350 e. The predicted molar refractivity (Wildman–Crippen MR) is 91.4 cm³/mol. The topological polar surface area (TPSA) is 32.3 Å². The molecule has 0 aliphatic rings. The van der Waals surface area contributed by atoms with Crippen molar-refractivity contribution in [3.05, 3.63) is 70.5 Å². The minimum absolute atomic E-state index is 0.0327. The third-order valence-corrected chi connectivity index (χ3v) is 3.95. The monoisotopic (exact) mass is 334 g/mol. The van der Waals surface area contributed by atoms with Crippen LogP contribution in [-0.4, -0.2) is 37.5 Å². The summed E-state index contributed by atoms with van der Waals surface area (Å²) >= 11 is 5.83. The molecule has 0 aliphatic heterocycles. The first-order chi connectivity index (χ1) is 11.0. The number of carbonyl (C=O) groups is 1. The molecule has 0 saturated heterocycles. The lowest BCUT2D eigenvalue weighted by Crippen LogP contribution is -2.41. The van der Waals surface area contributed by atoms with E-state index in [1.807, 2.05) is 37.2 Å². The Bertz CT molecular complexity index is 661. The fraction of sp³-hybridized carbons (Fsp3) is 0.278. The Morgan fingerprint density at radius 2 is 1.91 bits per heavy atom. The van der Waals surface area contributed by atoms with Gasteiger partial charge in [0.25, 0.3) is 5.91 Å². The quantitative estimate of drug-likeness (QED) is 0.878. The second kappa shape index (κ2) is 8.09. The van der Waals surface area contributed by atoms with Gasteiger partial charge in [-0.1, -0.05) is 41.9 Å². The predicted octanol–water partition coefficient (Wildman–Crippen LogP) is 3.38. The van der Waals surface area contributed by atoms with Crippen LogP contribution in [0.5, 0.6) is 0 Å². The highest BCUT2D eigenvalue weighted by Crippen LogP contribution is 2.15. The SMILES string of the molecule is CN(C)[C@H](CNC(=O)c1cc(Cl)ccc1F)Cc1ccccc1.